The lowest BCUT2D eigenvalue weighted by Gasteiger charge is -2.31. The fourth-order valence-electron chi connectivity index (χ4n) is 2.33. The summed E-state index contributed by atoms with van der Waals surface area (Å²) in [5, 5.41) is 3.88. The van der Waals surface area contributed by atoms with Crippen LogP contribution in [-0.4, -0.2) is 17.0 Å². The van der Waals surface area contributed by atoms with E-state index in [0.29, 0.717) is 5.57 Å². The van der Waals surface area contributed by atoms with Crippen LogP contribution < -0.4 is 4.74 Å². The molecule has 0 spiro atoms. The molecule has 4 nitrogen and oxygen atoms in total. The van der Waals surface area contributed by atoms with Crippen LogP contribution in [0.1, 0.15) is 25.1 Å². The Morgan fingerprint density at radius 3 is 2.75 bits per heavy atom. The molecule has 2 heterocycles. The van der Waals surface area contributed by atoms with Crippen molar-refractivity contribution in [3.63, 3.8) is 0 Å². The monoisotopic (exact) mass is 269 g/mol. The van der Waals surface area contributed by atoms with Crippen molar-refractivity contribution >= 4 is 12.4 Å². The third kappa shape index (κ3) is 1.93. The number of carbonyl (C=O) groups is 1. The van der Waals surface area contributed by atoms with Crippen molar-refractivity contribution in [2.24, 2.45) is 0 Å². The van der Waals surface area contributed by atoms with E-state index >= 15 is 0 Å². The third-order valence-corrected chi connectivity index (χ3v) is 3.57. The lowest BCUT2D eigenvalue weighted by molar-refractivity contribution is -0.106. The van der Waals surface area contributed by atoms with Gasteiger partial charge in [-0.3, -0.25) is 4.79 Å². The lowest BCUT2D eigenvalue weighted by Crippen LogP contribution is -2.33. The molecule has 3 rings (SSSR count). The van der Waals surface area contributed by atoms with Crippen molar-refractivity contribution in [2.45, 2.75) is 26.4 Å². The average Bonchev–Trinajstić information content (AvgIpc) is 2.82. The zero-order valence-corrected chi connectivity index (χ0v) is 11.6. The summed E-state index contributed by atoms with van der Waals surface area (Å²) in [6, 6.07) is 5.86. The van der Waals surface area contributed by atoms with Gasteiger partial charge in [-0.15, -0.1) is 0 Å². The molecule has 1 aliphatic heterocycles. The maximum Gasteiger partial charge on any atom is 0.150 e. The van der Waals surface area contributed by atoms with Gasteiger partial charge in [0, 0.05) is 16.7 Å². The minimum atomic E-state index is -0.614. The SMILES string of the molecule is Cc1nocc1-c1ccc2c(c1)OC(C)(C)C(C=O)=C2. The molecule has 2 aromatic rings. The molecule has 0 saturated heterocycles. The Morgan fingerprint density at radius 2 is 2.10 bits per heavy atom. The second kappa shape index (κ2) is 4.34. The van der Waals surface area contributed by atoms with Crippen LogP contribution in [0.3, 0.4) is 0 Å². The molecular formula is C16H15NO3. The highest BCUT2D eigenvalue weighted by atomic mass is 16.5. The van der Waals surface area contributed by atoms with Gasteiger partial charge in [-0.2, -0.15) is 0 Å². The summed E-state index contributed by atoms with van der Waals surface area (Å²) in [4.78, 5) is 11.1. The molecule has 0 atom stereocenters. The maximum atomic E-state index is 11.1. The largest absolute Gasteiger partial charge is 0.482 e. The summed E-state index contributed by atoms with van der Waals surface area (Å²) in [7, 11) is 0. The second-order valence-corrected chi connectivity index (χ2v) is 5.40. The molecule has 1 aromatic heterocycles. The van der Waals surface area contributed by atoms with E-state index in [4.69, 9.17) is 9.26 Å². The van der Waals surface area contributed by atoms with Crippen molar-refractivity contribution in [2.75, 3.05) is 0 Å². The highest BCUT2D eigenvalue weighted by molar-refractivity contribution is 5.87. The summed E-state index contributed by atoms with van der Waals surface area (Å²) in [6.45, 7) is 5.66. The molecule has 0 bridgehead atoms. The molecule has 0 aliphatic carbocycles. The summed E-state index contributed by atoms with van der Waals surface area (Å²) in [5.41, 5.74) is 3.70. The van der Waals surface area contributed by atoms with Gasteiger partial charge in [0.25, 0.3) is 0 Å². The van der Waals surface area contributed by atoms with E-state index in [9.17, 15) is 4.79 Å². The fourth-order valence-corrected chi connectivity index (χ4v) is 2.33. The number of rotatable bonds is 2. The zero-order valence-electron chi connectivity index (χ0n) is 11.6. The average molecular weight is 269 g/mol. The van der Waals surface area contributed by atoms with Crippen LogP contribution in [0.4, 0.5) is 0 Å². The summed E-state index contributed by atoms with van der Waals surface area (Å²) < 4.78 is 10.9. The molecular weight excluding hydrogens is 254 g/mol. The van der Waals surface area contributed by atoms with Gasteiger partial charge in [0.2, 0.25) is 0 Å². The minimum absolute atomic E-state index is 0.614. The highest BCUT2D eigenvalue weighted by Crippen LogP contribution is 2.37. The molecule has 1 aromatic carbocycles. The molecule has 102 valence electrons. The Hall–Kier alpha value is -2.36. The van der Waals surface area contributed by atoms with Crippen LogP contribution in [0.2, 0.25) is 0 Å². The zero-order chi connectivity index (χ0) is 14.3. The van der Waals surface area contributed by atoms with Crippen LogP contribution in [0.25, 0.3) is 17.2 Å². The van der Waals surface area contributed by atoms with Gasteiger partial charge < -0.3 is 9.26 Å². The Labute approximate surface area is 117 Å². The molecule has 0 N–H and O–H groups in total. The first-order valence-corrected chi connectivity index (χ1v) is 6.43. The van der Waals surface area contributed by atoms with Gasteiger partial charge in [-0.1, -0.05) is 17.3 Å². The van der Waals surface area contributed by atoms with E-state index < -0.39 is 5.60 Å². The van der Waals surface area contributed by atoms with Crippen molar-refractivity contribution in [1.82, 2.24) is 5.16 Å². The Morgan fingerprint density at radius 1 is 1.30 bits per heavy atom. The van der Waals surface area contributed by atoms with Gasteiger partial charge in [-0.25, -0.2) is 0 Å². The van der Waals surface area contributed by atoms with Crippen molar-refractivity contribution in [1.29, 1.82) is 0 Å². The van der Waals surface area contributed by atoms with Gasteiger partial charge in [0.05, 0.1) is 5.69 Å². The summed E-state index contributed by atoms with van der Waals surface area (Å²) in [5.74, 6) is 0.763. The van der Waals surface area contributed by atoms with Crippen LogP contribution in [0, 0.1) is 6.92 Å². The van der Waals surface area contributed by atoms with Gasteiger partial charge >= 0.3 is 0 Å². The minimum Gasteiger partial charge on any atom is -0.482 e. The number of nitrogens with zero attached hydrogens (tertiary/aromatic N) is 1. The van der Waals surface area contributed by atoms with Crippen LogP contribution in [0.15, 0.2) is 34.6 Å². The van der Waals surface area contributed by atoms with Crippen molar-refractivity contribution in [3.8, 4) is 16.9 Å². The van der Waals surface area contributed by atoms with Gasteiger partial charge in [0.15, 0.2) is 0 Å². The third-order valence-electron chi connectivity index (χ3n) is 3.57. The lowest BCUT2D eigenvalue weighted by atomic mass is 9.92. The normalized spacial score (nSPS) is 16.1. The molecule has 1 aliphatic rings. The number of aromatic nitrogens is 1. The van der Waals surface area contributed by atoms with Gasteiger partial charge in [0.1, 0.15) is 23.9 Å². The van der Waals surface area contributed by atoms with Crippen LogP contribution >= 0.6 is 0 Å². The number of aldehydes is 1. The molecule has 0 unspecified atom stereocenters. The predicted molar refractivity (Wildman–Crippen MR) is 75.4 cm³/mol. The van der Waals surface area contributed by atoms with E-state index in [1.165, 1.54) is 0 Å². The number of hydrogen-bond acceptors (Lipinski definition) is 4. The smallest absolute Gasteiger partial charge is 0.150 e. The van der Waals surface area contributed by atoms with E-state index in [2.05, 4.69) is 5.16 Å². The van der Waals surface area contributed by atoms with E-state index in [0.717, 1.165) is 34.4 Å². The summed E-state index contributed by atoms with van der Waals surface area (Å²) in [6.07, 6.45) is 4.34. The molecule has 0 fully saturated rings. The number of ether oxygens (including phenoxy) is 1. The number of fused-ring (bicyclic) bond motifs is 1. The molecule has 0 saturated carbocycles. The first-order valence-electron chi connectivity index (χ1n) is 6.43. The van der Waals surface area contributed by atoms with Crippen molar-refractivity contribution in [3.05, 3.63) is 41.3 Å². The van der Waals surface area contributed by atoms with Gasteiger partial charge in [-0.05, 0) is 38.5 Å². The predicted octanol–water partition coefficient (Wildman–Crippen LogP) is 3.40. The Kier molecular flexibility index (Phi) is 2.74. The van der Waals surface area contributed by atoms with Crippen LogP contribution in [0.5, 0.6) is 5.75 Å². The molecule has 0 radical (unpaired) electrons. The van der Waals surface area contributed by atoms with E-state index in [-0.39, 0.29) is 0 Å². The topological polar surface area (TPSA) is 52.3 Å². The number of carbonyl (C=O) groups excluding carboxylic acids is 1. The molecule has 0 amide bonds. The first-order chi connectivity index (χ1) is 9.51. The number of hydrogen-bond donors (Lipinski definition) is 0. The first kappa shape index (κ1) is 12.7. The standard InChI is InChI=1S/C16H15NO3/c1-10-14(9-19-17-10)11-4-5-12-6-13(8-18)16(2,3)20-15(12)7-11/h4-9H,1-3H3. The fraction of sp³-hybridized carbons (Fsp3) is 0.250. The second-order valence-electron chi connectivity index (χ2n) is 5.40. The molecule has 20 heavy (non-hydrogen) atoms. The quantitative estimate of drug-likeness (QED) is 0.784. The highest BCUT2D eigenvalue weighted by Gasteiger charge is 2.30. The Balaban J connectivity index is 2.10. The number of aryl methyl sites for hydroxylation is 1. The number of benzene rings is 1. The maximum absolute atomic E-state index is 11.1. The molecule has 4 heteroatoms. The van der Waals surface area contributed by atoms with E-state index in [1.807, 2.05) is 45.0 Å². The van der Waals surface area contributed by atoms with E-state index in [1.54, 1.807) is 6.26 Å². The van der Waals surface area contributed by atoms with Crippen LogP contribution in [-0.2, 0) is 4.79 Å². The Bertz CT molecular complexity index is 710. The van der Waals surface area contributed by atoms with Crippen molar-refractivity contribution < 1.29 is 14.1 Å². The summed E-state index contributed by atoms with van der Waals surface area (Å²) >= 11 is 0.